The van der Waals surface area contributed by atoms with Crippen molar-refractivity contribution in [2.24, 2.45) is 0 Å². The maximum Gasteiger partial charge on any atom is 0.316 e. The fourth-order valence-electron chi connectivity index (χ4n) is 2.46. The molecule has 30 heavy (non-hydrogen) atoms. The Morgan fingerprint density at radius 3 is 2.40 bits per heavy atom. The van der Waals surface area contributed by atoms with Gasteiger partial charge in [-0.15, -0.1) is 0 Å². The van der Waals surface area contributed by atoms with Gasteiger partial charge in [0.2, 0.25) is 5.82 Å². The van der Waals surface area contributed by atoms with Crippen LogP contribution in [-0.4, -0.2) is 40.0 Å². The van der Waals surface area contributed by atoms with Crippen LogP contribution in [0.5, 0.6) is 0 Å². The Bertz CT molecular complexity index is 1100. The van der Waals surface area contributed by atoms with Crippen molar-refractivity contribution in [3.8, 4) is 11.4 Å². The summed E-state index contributed by atoms with van der Waals surface area (Å²) in [7, 11) is 0. The van der Waals surface area contributed by atoms with Crippen LogP contribution in [0.15, 0.2) is 47.0 Å². The predicted molar refractivity (Wildman–Crippen MR) is 107 cm³/mol. The zero-order chi connectivity index (χ0) is 21.7. The Balaban J connectivity index is 1.50. The molecule has 0 atom stereocenters. The van der Waals surface area contributed by atoms with Crippen molar-refractivity contribution < 1.29 is 19.0 Å². The van der Waals surface area contributed by atoms with Crippen molar-refractivity contribution >= 4 is 29.1 Å². The van der Waals surface area contributed by atoms with E-state index in [0.29, 0.717) is 5.82 Å². The summed E-state index contributed by atoms with van der Waals surface area (Å²) < 4.78 is 4.97. The summed E-state index contributed by atoms with van der Waals surface area (Å²) in [5.41, 5.74) is 1.68. The molecule has 154 valence electrons. The highest BCUT2D eigenvalue weighted by molar-refractivity contribution is 6.34. The normalized spacial score (nSPS) is 10.5. The van der Waals surface area contributed by atoms with Crippen LogP contribution >= 0.6 is 11.6 Å². The highest BCUT2D eigenvalue weighted by atomic mass is 35.5. The lowest BCUT2D eigenvalue weighted by molar-refractivity contribution is -0.384. The lowest BCUT2D eigenvalue weighted by atomic mass is 10.1. The topological polar surface area (TPSA) is 140 Å². The molecule has 2 aromatic carbocycles. The number of nitro groups is 1. The second kappa shape index (κ2) is 9.14. The second-order valence-electron chi connectivity index (χ2n) is 6.22. The molecule has 0 aliphatic heterocycles. The Labute approximate surface area is 175 Å². The number of nitrogens with zero attached hydrogens (tertiary/aromatic N) is 3. The number of rotatable bonds is 7. The molecule has 1 aromatic heterocycles. The number of benzene rings is 2. The number of carbonyl (C=O) groups is 2. The molecule has 1 heterocycles. The van der Waals surface area contributed by atoms with Gasteiger partial charge in [0.25, 0.3) is 11.6 Å². The number of nitro benzene ring substituents is 1. The van der Waals surface area contributed by atoms with Gasteiger partial charge in [0.15, 0.2) is 0 Å². The minimum absolute atomic E-state index is 0.0415. The van der Waals surface area contributed by atoms with Crippen LogP contribution in [0.3, 0.4) is 0 Å². The molecule has 0 aliphatic rings. The number of aromatic nitrogens is 2. The van der Waals surface area contributed by atoms with E-state index >= 15 is 0 Å². The minimum Gasteiger partial charge on any atom is -0.350 e. The number of aryl methyl sites for hydroxylation is 1. The standard InChI is InChI=1S/C19H16ClN5O5/c1-11-2-4-12(5-3-11)16-23-19(30-24-16)18(27)22-9-8-21-17(26)14-7-6-13(25(28)29)10-15(14)20/h2-7,10H,8-9H2,1H3,(H,21,26)(H,22,27). The summed E-state index contributed by atoms with van der Waals surface area (Å²) in [5, 5.41) is 19.6. The number of hydrogen-bond donors (Lipinski definition) is 2. The van der Waals surface area contributed by atoms with Crippen LogP contribution in [0.1, 0.15) is 26.6 Å². The number of non-ortho nitro benzene ring substituents is 1. The third-order valence-electron chi connectivity index (χ3n) is 4.03. The zero-order valence-corrected chi connectivity index (χ0v) is 16.5. The summed E-state index contributed by atoms with van der Waals surface area (Å²) in [6.45, 7) is 2.14. The summed E-state index contributed by atoms with van der Waals surface area (Å²) >= 11 is 5.91. The molecule has 3 rings (SSSR count). The average molecular weight is 430 g/mol. The lowest BCUT2D eigenvalue weighted by Gasteiger charge is -2.07. The molecule has 10 nitrogen and oxygen atoms in total. The van der Waals surface area contributed by atoms with Crippen molar-refractivity contribution in [1.29, 1.82) is 0 Å². The zero-order valence-electron chi connectivity index (χ0n) is 15.7. The van der Waals surface area contributed by atoms with Crippen LogP contribution < -0.4 is 10.6 Å². The van der Waals surface area contributed by atoms with Gasteiger partial charge < -0.3 is 15.2 Å². The minimum atomic E-state index is -0.606. The number of amides is 2. The number of nitrogens with one attached hydrogen (secondary N) is 2. The van der Waals surface area contributed by atoms with Crippen LogP contribution in [0.25, 0.3) is 11.4 Å². The van der Waals surface area contributed by atoms with Crippen LogP contribution in [0, 0.1) is 17.0 Å². The van der Waals surface area contributed by atoms with Gasteiger partial charge in [-0.2, -0.15) is 4.98 Å². The van der Waals surface area contributed by atoms with E-state index in [4.69, 9.17) is 16.1 Å². The molecule has 0 spiro atoms. The Kier molecular flexibility index (Phi) is 6.38. The summed E-state index contributed by atoms with van der Waals surface area (Å²) in [5.74, 6) is -1.01. The molecule has 2 N–H and O–H groups in total. The van der Waals surface area contributed by atoms with Gasteiger partial charge in [0.1, 0.15) is 0 Å². The van der Waals surface area contributed by atoms with E-state index < -0.39 is 16.7 Å². The molecule has 0 aliphatic carbocycles. The first-order valence-electron chi connectivity index (χ1n) is 8.76. The van der Waals surface area contributed by atoms with Gasteiger partial charge in [0.05, 0.1) is 15.5 Å². The molecule has 0 saturated carbocycles. The Morgan fingerprint density at radius 1 is 1.10 bits per heavy atom. The van der Waals surface area contributed by atoms with Crippen LogP contribution in [0.2, 0.25) is 5.02 Å². The Morgan fingerprint density at radius 2 is 1.77 bits per heavy atom. The van der Waals surface area contributed by atoms with E-state index in [1.54, 1.807) is 0 Å². The number of halogens is 1. The molecule has 3 aromatic rings. The molecule has 11 heteroatoms. The molecule has 0 radical (unpaired) electrons. The van der Waals surface area contributed by atoms with Crippen LogP contribution in [-0.2, 0) is 0 Å². The van der Waals surface area contributed by atoms with Crippen molar-refractivity contribution in [2.75, 3.05) is 13.1 Å². The van der Waals surface area contributed by atoms with Gasteiger partial charge in [-0.1, -0.05) is 46.6 Å². The highest BCUT2D eigenvalue weighted by Gasteiger charge is 2.17. The molecule has 0 bridgehead atoms. The molecule has 0 unspecified atom stereocenters. The fraction of sp³-hybridized carbons (Fsp3) is 0.158. The third-order valence-corrected chi connectivity index (χ3v) is 4.35. The fourth-order valence-corrected chi connectivity index (χ4v) is 2.72. The van der Waals surface area contributed by atoms with Gasteiger partial charge in [0, 0.05) is 30.8 Å². The summed E-state index contributed by atoms with van der Waals surface area (Å²) in [6, 6.07) is 11.0. The van der Waals surface area contributed by atoms with Gasteiger partial charge in [-0.3, -0.25) is 19.7 Å². The van der Waals surface area contributed by atoms with Crippen LogP contribution in [0.4, 0.5) is 5.69 Å². The predicted octanol–water partition coefficient (Wildman–Crippen LogP) is 2.77. The van der Waals surface area contributed by atoms with Crippen molar-refractivity contribution in [3.05, 3.63) is 74.6 Å². The summed E-state index contributed by atoms with van der Waals surface area (Å²) in [6.07, 6.45) is 0. The summed E-state index contributed by atoms with van der Waals surface area (Å²) in [4.78, 5) is 38.4. The van der Waals surface area contributed by atoms with Gasteiger partial charge in [-0.05, 0) is 13.0 Å². The molecular weight excluding hydrogens is 414 g/mol. The van der Waals surface area contributed by atoms with Gasteiger partial charge in [-0.25, -0.2) is 0 Å². The first kappa shape index (κ1) is 20.9. The van der Waals surface area contributed by atoms with Crippen molar-refractivity contribution in [1.82, 2.24) is 20.8 Å². The van der Waals surface area contributed by atoms with E-state index in [1.165, 1.54) is 12.1 Å². The Hall–Kier alpha value is -3.79. The number of carbonyl (C=O) groups excluding carboxylic acids is 2. The molecule has 2 amide bonds. The average Bonchev–Trinajstić information content (AvgIpc) is 3.21. The first-order valence-corrected chi connectivity index (χ1v) is 9.14. The first-order chi connectivity index (χ1) is 14.3. The van der Waals surface area contributed by atoms with E-state index in [-0.39, 0.29) is 35.3 Å². The van der Waals surface area contributed by atoms with Gasteiger partial charge >= 0.3 is 11.8 Å². The maximum atomic E-state index is 12.1. The maximum absolute atomic E-state index is 12.1. The van der Waals surface area contributed by atoms with E-state index in [9.17, 15) is 19.7 Å². The van der Waals surface area contributed by atoms with Crippen molar-refractivity contribution in [3.63, 3.8) is 0 Å². The van der Waals surface area contributed by atoms with Crippen molar-refractivity contribution in [2.45, 2.75) is 6.92 Å². The lowest BCUT2D eigenvalue weighted by Crippen LogP contribution is -2.34. The number of hydrogen-bond acceptors (Lipinski definition) is 7. The second-order valence-corrected chi connectivity index (χ2v) is 6.63. The van der Waals surface area contributed by atoms with E-state index in [1.807, 2.05) is 31.2 Å². The smallest absolute Gasteiger partial charge is 0.316 e. The molecular formula is C19H16ClN5O5. The van der Waals surface area contributed by atoms with E-state index in [0.717, 1.165) is 17.2 Å². The molecule has 0 fully saturated rings. The third kappa shape index (κ3) is 4.97. The SMILES string of the molecule is Cc1ccc(-c2noc(C(=O)NCCNC(=O)c3ccc([N+](=O)[O-])cc3Cl)n2)cc1. The molecule has 0 saturated heterocycles. The quantitative estimate of drug-likeness (QED) is 0.334. The monoisotopic (exact) mass is 429 g/mol. The largest absolute Gasteiger partial charge is 0.350 e. The highest BCUT2D eigenvalue weighted by Crippen LogP contribution is 2.22. The van der Waals surface area contributed by atoms with E-state index in [2.05, 4.69) is 20.8 Å².